The summed E-state index contributed by atoms with van der Waals surface area (Å²) < 4.78 is 0. The van der Waals surface area contributed by atoms with Gasteiger partial charge in [0.25, 0.3) is 0 Å². The normalized spacial score (nSPS) is 24.5. The summed E-state index contributed by atoms with van der Waals surface area (Å²) in [4.78, 5) is 7.43. The number of hydrogen-bond acceptors (Lipinski definition) is 2. The minimum absolute atomic E-state index is 0.346. The predicted octanol–water partition coefficient (Wildman–Crippen LogP) is 4.82. The molecular weight excluding hydrogens is 236 g/mol. The summed E-state index contributed by atoms with van der Waals surface area (Å²) in [5, 5.41) is 3.58. The minimum Gasteiger partial charge on any atom is -0.257 e. The maximum Gasteiger partial charge on any atom is 0.0684 e. The van der Waals surface area contributed by atoms with E-state index in [1.807, 2.05) is 12.1 Å². The Balaban J connectivity index is 2.05. The van der Waals surface area contributed by atoms with E-state index in [9.17, 15) is 0 Å². The third-order valence-corrected chi connectivity index (χ3v) is 4.36. The van der Waals surface area contributed by atoms with E-state index in [2.05, 4.69) is 34.9 Å². The first-order valence-corrected chi connectivity index (χ1v) is 7.17. The van der Waals surface area contributed by atoms with Crippen molar-refractivity contribution < 1.29 is 0 Å². The Hall–Kier alpha value is -1.54. The Labute approximate surface area is 114 Å². The molecule has 0 unspecified atom stereocenters. The van der Waals surface area contributed by atoms with Gasteiger partial charge < -0.3 is 0 Å². The lowest BCUT2D eigenvalue weighted by Crippen LogP contribution is -2.18. The highest BCUT2D eigenvalue weighted by atomic mass is 15.1. The third-order valence-electron chi connectivity index (χ3n) is 4.36. The van der Waals surface area contributed by atoms with Crippen molar-refractivity contribution in [2.45, 2.75) is 52.0 Å². The van der Waals surface area contributed by atoms with Crippen LogP contribution in [0.2, 0.25) is 0 Å². The van der Waals surface area contributed by atoms with Crippen LogP contribution in [0.3, 0.4) is 0 Å². The zero-order valence-corrected chi connectivity index (χ0v) is 11.8. The average Bonchev–Trinajstić information content (AvgIpc) is 2.45. The van der Waals surface area contributed by atoms with Gasteiger partial charge in [-0.2, -0.15) is 0 Å². The van der Waals surface area contributed by atoms with Gasteiger partial charge in [0.2, 0.25) is 0 Å². The maximum absolute atomic E-state index is 8.37. The number of aromatic nitrogens is 1. The molecule has 19 heavy (non-hydrogen) atoms. The third kappa shape index (κ3) is 3.71. The standard InChI is InChI=1S/C15H22N4/c1-11-6-8-13(9-7-11)12(2)15-5-3-4-14(18-15)10-17-19-16/h3-5,11-13H,6-10H2,1-2H3/t11?,12-,13?/m1/s1. The molecule has 1 atom stereocenters. The fourth-order valence-corrected chi connectivity index (χ4v) is 2.97. The second-order valence-corrected chi connectivity index (χ2v) is 5.75. The Morgan fingerprint density at radius 2 is 2.11 bits per heavy atom. The van der Waals surface area contributed by atoms with Gasteiger partial charge in [-0.15, -0.1) is 0 Å². The van der Waals surface area contributed by atoms with Gasteiger partial charge in [-0.3, -0.25) is 4.98 Å². The first kappa shape index (κ1) is 13.9. The van der Waals surface area contributed by atoms with Crippen LogP contribution in [0.5, 0.6) is 0 Å². The number of rotatable bonds is 4. The molecule has 1 aliphatic carbocycles. The summed E-state index contributed by atoms with van der Waals surface area (Å²) in [6.07, 6.45) is 5.30. The molecule has 1 aromatic heterocycles. The Kier molecular flexibility index (Phi) is 4.80. The van der Waals surface area contributed by atoms with Gasteiger partial charge in [0.05, 0.1) is 6.54 Å². The van der Waals surface area contributed by atoms with E-state index in [4.69, 9.17) is 5.53 Å². The molecule has 0 aliphatic heterocycles. The number of nitrogens with zero attached hydrogens (tertiary/aromatic N) is 4. The summed E-state index contributed by atoms with van der Waals surface area (Å²) >= 11 is 0. The first-order valence-electron chi connectivity index (χ1n) is 7.17. The van der Waals surface area contributed by atoms with Crippen molar-refractivity contribution in [2.24, 2.45) is 17.0 Å². The van der Waals surface area contributed by atoms with Gasteiger partial charge in [-0.1, -0.05) is 37.9 Å². The highest BCUT2D eigenvalue weighted by Crippen LogP contribution is 2.37. The van der Waals surface area contributed by atoms with E-state index in [1.54, 1.807) is 0 Å². The average molecular weight is 258 g/mol. The Morgan fingerprint density at radius 3 is 2.79 bits per heavy atom. The molecule has 0 N–H and O–H groups in total. The molecule has 1 heterocycles. The van der Waals surface area contributed by atoms with Gasteiger partial charge in [-0.25, -0.2) is 0 Å². The van der Waals surface area contributed by atoms with Crippen molar-refractivity contribution in [3.05, 3.63) is 40.0 Å². The van der Waals surface area contributed by atoms with Crippen LogP contribution in [0.25, 0.3) is 10.4 Å². The molecule has 4 heteroatoms. The molecule has 2 rings (SSSR count). The molecule has 1 saturated carbocycles. The zero-order chi connectivity index (χ0) is 13.7. The highest BCUT2D eigenvalue weighted by molar-refractivity contribution is 5.15. The molecule has 0 amide bonds. The number of pyridine rings is 1. The van der Waals surface area contributed by atoms with E-state index < -0.39 is 0 Å². The van der Waals surface area contributed by atoms with E-state index in [0.717, 1.165) is 23.2 Å². The zero-order valence-electron chi connectivity index (χ0n) is 11.8. The SMILES string of the molecule is CC1CCC([C@@H](C)c2cccc(CN=[N+]=[N-])n2)CC1. The smallest absolute Gasteiger partial charge is 0.0684 e. The van der Waals surface area contributed by atoms with Crippen molar-refractivity contribution >= 4 is 0 Å². The van der Waals surface area contributed by atoms with Crippen LogP contribution in [0.15, 0.2) is 23.3 Å². The largest absolute Gasteiger partial charge is 0.257 e. The molecule has 4 nitrogen and oxygen atoms in total. The molecule has 1 fully saturated rings. The highest BCUT2D eigenvalue weighted by Gasteiger charge is 2.24. The minimum atomic E-state index is 0.346. The molecule has 0 bridgehead atoms. The van der Waals surface area contributed by atoms with Crippen molar-refractivity contribution in [1.29, 1.82) is 0 Å². The summed E-state index contributed by atoms with van der Waals surface area (Å²) in [5.74, 6) is 2.13. The van der Waals surface area contributed by atoms with E-state index in [0.29, 0.717) is 12.5 Å². The fourth-order valence-electron chi connectivity index (χ4n) is 2.97. The fraction of sp³-hybridized carbons (Fsp3) is 0.667. The molecule has 0 aromatic carbocycles. The lowest BCUT2D eigenvalue weighted by Gasteiger charge is -2.30. The van der Waals surface area contributed by atoms with Crippen LogP contribution in [0, 0.1) is 11.8 Å². The first-order chi connectivity index (χ1) is 9.20. The van der Waals surface area contributed by atoms with Crippen molar-refractivity contribution in [3.63, 3.8) is 0 Å². The van der Waals surface area contributed by atoms with Gasteiger partial charge in [0.15, 0.2) is 0 Å². The van der Waals surface area contributed by atoms with Gasteiger partial charge in [-0.05, 0) is 42.3 Å². The van der Waals surface area contributed by atoms with Gasteiger partial charge in [0.1, 0.15) is 0 Å². The van der Waals surface area contributed by atoms with Crippen molar-refractivity contribution in [3.8, 4) is 0 Å². The summed E-state index contributed by atoms with van der Waals surface area (Å²) in [6, 6.07) is 6.04. The molecular formula is C15H22N4. The van der Waals surface area contributed by atoms with E-state index >= 15 is 0 Å². The lowest BCUT2D eigenvalue weighted by molar-refractivity contribution is 0.259. The summed E-state index contributed by atoms with van der Waals surface area (Å²) in [5.41, 5.74) is 10.4. The molecule has 1 aliphatic rings. The van der Waals surface area contributed by atoms with Gasteiger partial charge >= 0.3 is 0 Å². The topological polar surface area (TPSA) is 61.7 Å². The molecule has 0 spiro atoms. The van der Waals surface area contributed by atoms with Crippen LogP contribution >= 0.6 is 0 Å². The summed E-state index contributed by atoms with van der Waals surface area (Å²) in [7, 11) is 0. The van der Waals surface area contributed by atoms with E-state index in [-0.39, 0.29) is 0 Å². The Morgan fingerprint density at radius 1 is 1.37 bits per heavy atom. The maximum atomic E-state index is 8.37. The van der Waals surface area contributed by atoms with Gasteiger partial charge in [0, 0.05) is 22.2 Å². The predicted molar refractivity (Wildman–Crippen MR) is 76.6 cm³/mol. The lowest BCUT2D eigenvalue weighted by atomic mass is 9.76. The molecule has 0 saturated heterocycles. The Bertz CT molecular complexity index is 457. The van der Waals surface area contributed by atoms with Crippen LogP contribution in [-0.2, 0) is 6.54 Å². The number of azide groups is 1. The van der Waals surface area contributed by atoms with E-state index in [1.165, 1.54) is 25.7 Å². The van der Waals surface area contributed by atoms with Crippen LogP contribution in [0.1, 0.15) is 56.8 Å². The van der Waals surface area contributed by atoms with Crippen LogP contribution in [-0.4, -0.2) is 4.98 Å². The van der Waals surface area contributed by atoms with Crippen LogP contribution < -0.4 is 0 Å². The second kappa shape index (κ2) is 6.58. The second-order valence-electron chi connectivity index (χ2n) is 5.75. The summed E-state index contributed by atoms with van der Waals surface area (Å²) in [6.45, 7) is 4.97. The quantitative estimate of drug-likeness (QED) is 0.433. The molecule has 0 radical (unpaired) electrons. The molecule has 102 valence electrons. The van der Waals surface area contributed by atoms with Crippen molar-refractivity contribution in [1.82, 2.24) is 4.98 Å². The molecule has 1 aromatic rings. The number of hydrogen-bond donors (Lipinski definition) is 0. The van der Waals surface area contributed by atoms with Crippen molar-refractivity contribution in [2.75, 3.05) is 0 Å². The van der Waals surface area contributed by atoms with Crippen LogP contribution in [0.4, 0.5) is 0 Å². The monoisotopic (exact) mass is 258 g/mol.